The number of carbonyl (C=O) groups excluding carboxylic acids is 1. The third-order valence-electron chi connectivity index (χ3n) is 4.50. The number of halogens is 2. The summed E-state index contributed by atoms with van der Waals surface area (Å²) in [5, 5.41) is 6.31. The number of hydrogen-bond acceptors (Lipinski definition) is 4. The van der Waals surface area contributed by atoms with Crippen molar-refractivity contribution in [3.63, 3.8) is 0 Å². The summed E-state index contributed by atoms with van der Waals surface area (Å²) in [6.07, 6.45) is 18.1. The zero-order chi connectivity index (χ0) is 21.1. The molecule has 5 nitrogen and oxygen atoms in total. The maximum atomic E-state index is 12.9. The first-order valence-electron chi connectivity index (χ1n) is 9.68. The van der Waals surface area contributed by atoms with Crippen LogP contribution in [0.25, 0.3) is 0 Å². The molecule has 2 rings (SSSR count). The highest BCUT2D eigenvalue weighted by Gasteiger charge is 2.19. The predicted molar refractivity (Wildman–Crippen MR) is 142 cm³/mol. The molecule has 1 aromatic heterocycles. The van der Waals surface area contributed by atoms with Gasteiger partial charge in [-0.1, -0.05) is 75.6 Å². The summed E-state index contributed by atoms with van der Waals surface area (Å²) in [7, 11) is 3.98. The third kappa shape index (κ3) is 7.13. The quantitative estimate of drug-likeness (QED) is 0.213. The number of rotatable bonds is 10. The molecule has 2 N–H and O–H groups in total. The van der Waals surface area contributed by atoms with Gasteiger partial charge in [0, 0.05) is 36.2 Å². The smallest absolute Gasteiger partial charge is 0.255 e. The topological polar surface area (TPSA) is 57.3 Å². The van der Waals surface area contributed by atoms with Crippen LogP contribution in [0.1, 0.15) is 18.4 Å². The van der Waals surface area contributed by atoms with Crippen LogP contribution >= 0.6 is 45.2 Å². The molecule has 1 aromatic rings. The van der Waals surface area contributed by atoms with Gasteiger partial charge in [-0.3, -0.25) is 4.79 Å². The van der Waals surface area contributed by atoms with Crippen molar-refractivity contribution in [2.45, 2.75) is 19.3 Å². The van der Waals surface area contributed by atoms with Gasteiger partial charge in [0.25, 0.3) is 5.91 Å². The number of unbranched alkanes of at least 4 members (excludes halogenated alkanes) is 1. The monoisotopic (exact) mass is 618 g/mol. The molecule has 7 heteroatoms. The summed E-state index contributed by atoms with van der Waals surface area (Å²) in [6, 6.07) is 0. The highest BCUT2D eigenvalue weighted by Crippen LogP contribution is 2.34. The zero-order valence-electron chi connectivity index (χ0n) is 16.9. The van der Waals surface area contributed by atoms with Crippen molar-refractivity contribution in [3.8, 4) is 0 Å². The van der Waals surface area contributed by atoms with Gasteiger partial charge in [-0.25, -0.2) is 4.98 Å². The molecular weight excluding hydrogens is 590 g/mol. The van der Waals surface area contributed by atoms with Crippen LogP contribution in [0.5, 0.6) is 0 Å². The molecule has 1 aliphatic carbocycles. The van der Waals surface area contributed by atoms with Gasteiger partial charge in [0.2, 0.25) is 0 Å². The highest BCUT2D eigenvalue weighted by molar-refractivity contribution is 14.1. The zero-order valence-corrected chi connectivity index (χ0v) is 21.2. The minimum atomic E-state index is -0.137. The van der Waals surface area contributed by atoms with E-state index in [0.29, 0.717) is 5.57 Å². The number of allylic oxidation sites excluding steroid dienone is 6. The maximum Gasteiger partial charge on any atom is 0.255 e. The van der Waals surface area contributed by atoms with Gasteiger partial charge in [0.05, 0.1) is 17.6 Å². The molecule has 0 spiro atoms. The van der Waals surface area contributed by atoms with Gasteiger partial charge < -0.3 is 15.5 Å². The lowest BCUT2D eigenvalue weighted by atomic mass is 10.1. The molecule has 0 aromatic carbocycles. The van der Waals surface area contributed by atoms with Gasteiger partial charge >= 0.3 is 0 Å². The number of amides is 1. The summed E-state index contributed by atoms with van der Waals surface area (Å²) < 4.78 is 2.13. The Bertz CT molecular complexity index is 815. The Labute approximate surface area is 201 Å². The van der Waals surface area contributed by atoms with Gasteiger partial charge in [-0.2, -0.15) is 0 Å². The maximum absolute atomic E-state index is 12.9. The molecule has 156 valence electrons. The van der Waals surface area contributed by atoms with Crippen molar-refractivity contribution in [1.29, 1.82) is 0 Å². The average molecular weight is 618 g/mol. The van der Waals surface area contributed by atoms with E-state index in [0.717, 1.165) is 51.0 Å². The Morgan fingerprint density at radius 2 is 1.86 bits per heavy atom. The lowest BCUT2D eigenvalue weighted by molar-refractivity contribution is -0.112. The average Bonchev–Trinajstić information content (AvgIpc) is 2.68. The van der Waals surface area contributed by atoms with Crippen molar-refractivity contribution in [3.05, 3.63) is 59.9 Å². The van der Waals surface area contributed by atoms with Crippen LogP contribution in [-0.4, -0.2) is 40.4 Å². The SMILES string of the molecule is CNc1ncc(NC(=O)C2=C/C=C\C=C/C=C2)c(N(C)CCCCI)c1CCI. The Kier molecular flexibility index (Phi) is 10.8. The number of nitrogens with one attached hydrogen (secondary N) is 2. The fraction of sp³-hybridized carbons (Fsp3) is 0.364. The number of hydrogen-bond donors (Lipinski definition) is 2. The molecular formula is C22H28I2N4O. The Morgan fingerprint density at radius 1 is 1.10 bits per heavy atom. The molecule has 0 radical (unpaired) electrons. The largest absolute Gasteiger partial charge is 0.373 e. The molecule has 29 heavy (non-hydrogen) atoms. The van der Waals surface area contributed by atoms with Gasteiger partial charge in [0.1, 0.15) is 5.82 Å². The van der Waals surface area contributed by atoms with Gasteiger partial charge in [-0.05, 0) is 35.8 Å². The Balaban J connectivity index is 2.38. The van der Waals surface area contributed by atoms with E-state index < -0.39 is 0 Å². The lowest BCUT2D eigenvalue weighted by Crippen LogP contribution is -2.24. The van der Waals surface area contributed by atoms with E-state index in [4.69, 9.17) is 0 Å². The Morgan fingerprint density at radius 3 is 2.59 bits per heavy atom. The number of alkyl halides is 2. The van der Waals surface area contributed by atoms with Crippen molar-refractivity contribution in [2.75, 3.05) is 45.0 Å². The molecule has 1 heterocycles. The van der Waals surface area contributed by atoms with Gasteiger partial charge in [0.15, 0.2) is 0 Å². The minimum Gasteiger partial charge on any atom is -0.373 e. The third-order valence-corrected chi connectivity index (χ3v) is 5.80. The summed E-state index contributed by atoms with van der Waals surface area (Å²) >= 11 is 4.80. The van der Waals surface area contributed by atoms with Crippen LogP contribution in [0.4, 0.5) is 17.2 Å². The fourth-order valence-corrected chi connectivity index (χ4v) is 4.16. The standard InChI is InChI=1S/C22H28I2N4O/c1-25-21-18(12-14-24)20(28(2)15-9-8-13-23)19(16-26-21)27-22(29)17-10-6-4-3-5-7-11-17/h3-7,10-11,16H,8-9,12-15H2,1-2H3,(H,25,26)(H,27,29)/b4-3-,5-3?,6-4?,7-5-,10-6?,11-7?,17-10?,17-11?. The van der Waals surface area contributed by atoms with E-state index in [1.165, 1.54) is 6.42 Å². The number of anilines is 3. The van der Waals surface area contributed by atoms with E-state index in [1.807, 2.05) is 49.6 Å². The van der Waals surface area contributed by atoms with Crippen LogP contribution in [0.2, 0.25) is 0 Å². The van der Waals surface area contributed by atoms with Crippen LogP contribution < -0.4 is 15.5 Å². The second-order valence-electron chi connectivity index (χ2n) is 6.56. The second-order valence-corrected chi connectivity index (χ2v) is 8.72. The van der Waals surface area contributed by atoms with E-state index in [-0.39, 0.29) is 5.91 Å². The minimum absolute atomic E-state index is 0.137. The predicted octanol–water partition coefficient (Wildman–Crippen LogP) is 5.30. The highest BCUT2D eigenvalue weighted by atomic mass is 127. The molecule has 1 aliphatic rings. The molecule has 0 saturated heterocycles. The van der Waals surface area contributed by atoms with E-state index in [1.54, 1.807) is 6.20 Å². The Hall–Kier alpha value is -1.36. The van der Waals surface area contributed by atoms with Crippen LogP contribution in [0.15, 0.2) is 54.3 Å². The first-order chi connectivity index (χ1) is 14.1. The molecule has 0 atom stereocenters. The van der Waals surface area contributed by atoms with E-state index >= 15 is 0 Å². The molecule has 0 aliphatic heterocycles. The number of carbonyl (C=O) groups is 1. The summed E-state index contributed by atoms with van der Waals surface area (Å²) in [4.78, 5) is 19.8. The van der Waals surface area contributed by atoms with Crippen molar-refractivity contribution >= 4 is 68.3 Å². The summed E-state index contributed by atoms with van der Waals surface area (Å²) in [6.45, 7) is 0.934. The lowest BCUT2D eigenvalue weighted by Gasteiger charge is -2.27. The molecule has 0 unspecified atom stereocenters. The van der Waals surface area contributed by atoms with Crippen LogP contribution in [-0.2, 0) is 11.2 Å². The van der Waals surface area contributed by atoms with Crippen LogP contribution in [0.3, 0.4) is 0 Å². The first-order valence-corrected chi connectivity index (χ1v) is 12.7. The fourth-order valence-electron chi connectivity index (χ4n) is 3.08. The first kappa shape index (κ1) is 23.9. The number of nitrogens with zero attached hydrogens (tertiary/aromatic N) is 2. The number of aromatic nitrogens is 1. The van der Waals surface area contributed by atoms with E-state index in [9.17, 15) is 4.79 Å². The second kappa shape index (κ2) is 13.0. The van der Waals surface area contributed by atoms with Gasteiger partial charge in [-0.15, -0.1) is 0 Å². The normalized spacial score (nSPS) is 15.1. The van der Waals surface area contributed by atoms with Crippen molar-refractivity contribution < 1.29 is 4.79 Å². The molecule has 0 saturated carbocycles. The molecule has 0 bridgehead atoms. The van der Waals surface area contributed by atoms with Crippen molar-refractivity contribution in [1.82, 2.24) is 4.98 Å². The van der Waals surface area contributed by atoms with Crippen LogP contribution in [0, 0.1) is 0 Å². The van der Waals surface area contributed by atoms with Crippen molar-refractivity contribution in [2.24, 2.45) is 0 Å². The molecule has 0 fully saturated rings. The molecule has 1 amide bonds. The number of pyridine rings is 1. The summed E-state index contributed by atoms with van der Waals surface area (Å²) in [5.41, 5.74) is 3.55. The van der Waals surface area contributed by atoms with E-state index in [2.05, 4.69) is 72.7 Å². The summed E-state index contributed by atoms with van der Waals surface area (Å²) in [5.74, 6) is 0.732.